The molecule has 1 aromatic heterocycles. The fourth-order valence-electron chi connectivity index (χ4n) is 0.984. The summed E-state index contributed by atoms with van der Waals surface area (Å²) in [6.07, 6.45) is 3.09. The van der Waals surface area contributed by atoms with Crippen LogP contribution in [0.1, 0.15) is 26.7 Å². The molecule has 0 aliphatic carbocycles. The maximum Gasteiger partial charge on any atom is 0.516 e. The summed E-state index contributed by atoms with van der Waals surface area (Å²) in [5, 5.41) is 0. The molecule has 0 N–H and O–H groups in total. The maximum absolute atomic E-state index is 13.3. The summed E-state index contributed by atoms with van der Waals surface area (Å²) in [5.74, 6) is -0.851. The summed E-state index contributed by atoms with van der Waals surface area (Å²) < 4.78 is 22.4. The number of carbonyl (C=O) groups excluding carboxylic acids is 1. The van der Waals surface area contributed by atoms with Crippen LogP contribution in [-0.4, -0.2) is 28.9 Å². The van der Waals surface area contributed by atoms with Gasteiger partial charge in [-0.3, -0.25) is 0 Å². The molecule has 0 atom stereocenters. The molecular weight excluding hydrogens is 241 g/mol. The number of nitrogens with zero attached hydrogens (tertiary/aromatic N) is 3. The zero-order chi connectivity index (χ0) is 13.4. The van der Waals surface area contributed by atoms with Crippen LogP contribution in [0.25, 0.3) is 0 Å². The van der Waals surface area contributed by atoms with Crippen LogP contribution in [0.4, 0.5) is 15.0 Å². The van der Waals surface area contributed by atoms with Crippen molar-refractivity contribution in [2.24, 2.45) is 4.99 Å². The van der Waals surface area contributed by atoms with E-state index in [0.717, 1.165) is 12.6 Å². The number of hydrogen-bond acceptors (Lipinski definition) is 6. The number of aliphatic imine (C=N–C) groups is 1. The Bertz CT molecular complexity index is 438. The topological polar surface area (TPSA) is 73.7 Å². The molecule has 0 radical (unpaired) electrons. The van der Waals surface area contributed by atoms with Crippen molar-refractivity contribution in [2.45, 2.75) is 26.7 Å². The van der Waals surface area contributed by atoms with Crippen LogP contribution >= 0.6 is 0 Å². The Morgan fingerprint density at radius 1 is 1.56 bits per heavy atom. The molecule has 0 aliphatic heterocycles. The third-order valence-corrected chi connectivity index (χ3v) is 1.77. The van der Waals surface area contributed by atoms with E-state index in [0.29, 0.717) is 6.42 Å². The first kappa shape index (κ1) is 14.0. The van der Waals surface area contributed by atoms with Crippen molar-refractivity contribution in [2.75, 3.05) is 6.61 Å². The van der Waals surface area contributed by atoms with Gasteiger partial charge in [-0.1, -0.05) is 13.3 Å². The number of rotatable bonds is 5. The van der Waals surface area contributed by atoms with Crippen molar-refractivity contribution in [1.82, 2.24) is 9.97 Å². The van der Waals surface area contributed by atoms with Crippen molar-refractivity contribution in [3.63, 3.8) is 0 Å². The first-order valence-electron chi connectivity index (χ1n) is 5.57. The van der Waals surface area contributed by atoms with Crippen LogP contribution in [0.2, 0.25) is 0 Å². The van der Waals surface area contributed by atoms with Crippen molar-refractivity contribution < 1.29 is 18.7 Å². The Hall–Kier alpha value is -2.05. The maximum atomic E-state index is 13.3. The minimum Gasteiger partial charge on any atom is -0.434 e. The van der Waals surface area contributed by atoms with Gasteiger partial charge in [0.05, 0.1) is 12.8 Å². The molecule has 0 amide bonds. The monoisotopic (exact) mass is 255 g/mol. The molecule has 1 rings (SSSR count). The number of unbranched alkanes of at least 4 members (excludes halogenated alkanes) is 1. The number of aromatic nitrogens is 2. The highest BCUT2D eigenvalue weighted by Crippen LogP contribution is 2.16. The van der Waals surface area contributed by atoms with Gasteiger partial charge in [0.15, 0.2) is 11.6 Å². The van der Waals surface area contributed by atoms with Gasteiger partial charge in [-0.15, -0.1) is 0 Å². The van der Waals surface area contributed by atoms with Gasteiger partial charge in [0.25, 0.3) is 0 Å². The van der Waals surface area contributed by atoms with Crippen LogP contribution in [0, 0.1) is 5.82 Å². The molecule has 0 aromatic carbocycles. The Kier molecular flexibility index (Phi) is 5.69. The second-order valence-corrected chi connectivity index (χ2v) is 3.21. The fourth-order valence-corrected chi connectivity index (χ4v) is 0.984. The van der Waals surface area contributed by atoms with Crippen LogP contribution in [0.3, 0.4) is 0 Å². The average molecular weight is 255 g/mol. The quantitative estimate of drug-likeness (QED) is 0.597. The second-order valence-electron chi connectivity index (χ2n) is 3.21. The Morgan fingerprint density at radius 2 is 2.33 bits per heavy atom. The lowest BCUT2D eigenvalue weighted by molar-refractivity contribution is 0.101. The number of halogens is 1. The van der Waals surface area contributed by atoms with Gasteiger partial charge in [-0.05, 0) is 13.3 Å². The summed E-state index contributed by atoms with van der Waals surface area (Å²) >= 11 is 0. The highest BCUT2D eigenvalue weighted by Gasteiger charge is 2.11. The zero-order valence-corrected chi connectivity index (χ0v) is 10.2. The Morgan fingerprint density at radius 3 is 3.00 bits per heavy atom. The minimum atomic E-state index is -0.937. The first-order valence-corrected chi connectivity index (χ1v) is 5.57. The predicted octanol–water partition coefficient (Wildman–Crippen LogP) is 2.65. The van der Waals surface area contributed by atoms with E-state index in [1.54, 1.807) is 13.1 Å². The molecule has 1 aromatic rings. The lowest BCUT2D eigenvalue weighted by Crippen LogP contribution is -2.12. The van der Waals surface area contributed by atoms with Crippen LogP contribution in [0.15, 0.2) is 11.2 Å². The molecule has 0 bridgehead atoms. The standard InChI is InChI=1S/C11H14FN3O3/c1-3-5-6-13-9-8(12)7-14-10(15-9)18-11(16)17-4-2/h6-7H,3-5H2,1-2H3/b13-6+. The molecule has 1 heterocycles. The molecule has 98 valence electrons. The predicted molar refractivity (Wildman–Crippen MR) is 62.7 cm³/mol. The van der Waals surface area contributed by atoms with Gasteiger partial charge in [-0.25, -0.2) is 19.2 Å². The van der Waals surface area contributed by atoms with Gasteiger partial charge in [-0.2, -0.15) is 4.98 Å². The molecule has 0 spiro atoms. The molecule has 18 heavy (non-hydrogen) atoms. The Balaban J connectivity index is 2.77. The second kappa shape index (κ2) is 7.31. The number of carbonyl (C=O) groups is 1. The highest BCUT2D eigenvalue weighted by molar-refractivity contribution is 5.63. The van der Waals surface area contributed by atoms with Gasteiger partial charge >= 0.3 is 12.2 Å². The molecule has 6 nitrogen and oxygen atoms in total. The van der Waals surface area contributed by atoms with Crippen molar-refractivity contribution in [3.8, 4) is 6.01 Å². The summed E-state index contributed by atoms with van der Waals surface area (Å²) in [5.41, 5.74) is 0. The van der Waals surface area contributed by atoms with Gasteiger partial charge < -0.3 is 9.47 Å². The van der Waals surface area contributed by atoms with E-state index >= 15 is 0 Å². The van der Waals surface area contributed by atoms with E-state index in [1.807, 2.05) is 6.92 Å². The normalized spacial score (nSPS) is 10.6. The number of hydrogen-bond donors (Lipinski definition) is 0. The molecule has 0 saturated carbocycles. The Labute approximate surface area is 104 Å². The van der Waals surface area contributed by atoms with E-state index < -0.39 is 12.0 Å². The minimum absolute atomic E-state index is 0.168. The van der Waals surface area contributed by atoms with E-state index in [2.05, 4.69) is 24.4 Å². The summed E-state index contributed by atoms with van der Waals surface area (Å²) in [6, 6.07) is -0.293. The first-order chi connectivity index (χ1) is 8.67. The van der Waals surface area contributed by atoms with E-state index in [-0.39, 0.29) is 18.4 Å². The SMILES string of the molecule is CCC/C=N/c1nc(OC(=O)OCC)ncc1F. The van der Waals surface area contributed by atoms with Crippen molar-refractivity contribution >= 4 is 18.2 Å². The lowest BCUT2D eigenvalue weighted by Gasteiger charge is -2.02. The van der Waals surface area contributed by atoms with Crippen LogP contribution < -0.4 is 4.74 Å². The summed E-state index contributed by atoms with van der Waals surface area (Å²) in [4.78, 5) is 22.0. The molecule has 0 fully saturated rings. The van der Waals surface area contributed by atoms with E-state index in [1.165, 1.54) is 0 Å². The van der Waals surface area contributed by atoms with E-state index in [9.17, 15) is 9.18 Å². The lowest BCUT2D eigenvalue weighted by atomic mass is 10.4. The van der Waals surface area contributed by atoms with Crippen molar-refractivity contribution in [3.05, 3.63) is 12.0 Å². The smallest absolute Gasteiger partial charge is 0.434 e. The molecular formula is C11H14FN3O3. The van der Waals surface area contributed by atoms with Gasteiger partial charge in [0.1, 0.15) is 0 Å². The zero-order valence-electron chi connectivity index (χ0n) is 10.2. The van der Waals surface area contributed by atoms with E-state index in [4.69, 9.17) is 0 Å². The van der Waals surface area contributed by atoms with Gasteiger partial charge in [0.2, 0.25) is 0 Å². The molecule has 0 saturated heterocycles. The molecule has 7 heteroatoms. The van der Waals surface area contributed by atoms with Crippen molar-refractivity contribution in [1.29, 1.82) is 0 Å². The largest absolute Gasteiger partial charge is 0.516 e. The van der Waals surface area contributed by atoms with Crippen LogP contribution in [0.5, 0.6) is 6.01 Å². The van der Waals surface area contributed by atoms with Gasteiger partial charge in [0, 0.05) is 6.21 Å². The third kappa shape index (κ3) is 4.44. The molecule has 0 unspecified atom stereocenters. The number of ether oxygens (including phenoxy) is 2. The third-order valence-electron chi connectivity index (χ3n) is 1.77. The fraction of sp³-hybridized carbons (Fsp3) is 0.455. The summed E-state index contributed by atoms with van der Waals surface area (Å²) in [6.45, 7) is 3.77. The average Bonchev–Trinajstić information content (AvgIpc) is 2.34. The van der Waals surface area contributed by atoms with Crippen LogP contribution in [-0.2, 0) is 4.74 Å². The highest BCUT2D eigenvalue weighted by atomic mass is 19.1. The summed E-state index contributed by atoms with van der Waals surface area (Å²) in [7, 11) is 0. The molecule has 0 aliphatic rings.